The van der Waals surface area contributed by atoms with E-state index in [-0.39, 0.29) is 5.91 Å². The molecule has 4 N–H and O–H groups in total. The third-order valence-corrected chi connectivity index (χ3v) is 2.83. The molecule has 0 saturated heterocycles. The number of rotatable bonds is 6. The first-order valence-electron chi connectivity index (χ1n) is 6.65. The molecular weight excluding hydrogens is 240 g/mol. The lowest BCUT2D eigenvalue weighted by atomic mass is 10.3. The smallest absolute Gasteiger partial charge is 0.220 e. The largest absolute Gasteiger partial charge is 0.370 e. The molecule has 0 spiro atoms. The quantitative estimate of drug-likeness (QED) is 0.412. The molecule has 1 amide bonds. The van der Waals surface area contributed by atoms with Crippen molar-refractivity contribution in [3.8, 4) is 0 Å². The van der Waals surface area contributed by atoms with Crippen LogP contribution in [0.25, 0.3) is 0 Å². The van der Waals surface area contributed by atoms with Gasteiger partial charge in [0.2, 0.25) is 5.91 Å². The van der Waals surface area contributed by atoms with Crippen molar-refractivity contribution in [3.63, 3.8) is 0 Å². The van der Waals surface area contributed by atoms with Crippen LogP contribution in [0.2, 0.25) is 0 Å². The highest BCUT2D eigenvalue weighted by Gasteiger charge is 2.22. The summed E-state index contributed by atoms with van der Waals surface area (Å²) in [6.07, 6.45) is 3.48. The van der Waals surface area contributed by atoms with Gasteiger partial charge in [-0.3, -0.25) is 9.79 Å². The van der Waals surface area contributed by atoms with E-state index in [9.17, 15) is 4.79 Å². The van der Waals surface area contributed by atoms with Gasteiger partial charge in [-0.2, -0.15) is 0 Å². The van der Waals surface area contributed by atoms with E-state index >= 15 is 0 Å². The fourth-order valence-electron chi connectivity index (χ4n) is 1.68. The molecule has 1 saturated carbocycles. The first-order chi connectivity index (χ1) is 9.24. The first-order valence-corrected chi connectivity index (χ1v) is 6.65. The second-order valence-electron chi connectivity index (χ2n) is 4.70. The minimum Gasteiger partial charge on any atom is -0.370 e. The number of guanidine groups is 1. The van der Waals surface area contributed by atoms with E-state index in [1.807, 2.05) is 30.3 Å². The first kappa shape index (κ1) is 13.4. The third kappa shape index (κ3) is 5.42. The van der Waals surface area contributed by atoms with Crippen LogP contribution in [0.15, 0.2) is 35.3 Å². The van der Waals surface area contributed by atoms with E-state index in [0.717, 1.165) is 24.9 Å². The zero-order valence-electron chi connectivity index (χ0n) is 10.9. The van der Waals surface area contributed by atoms with Gasteiger partial charge in [0.25, 0.3) is 0 Å². The lowest BCUT2D eigenvalue weighted by molar-refractivity contribution is -0.121. The number of para-hydroxylation sites is 1. The van der Waals surface area contributed by atoms with E-state index in [0.29, 0.717) is 25.0 Å². The molecule has 1 fully saturated rings. The predicted molar refractivity (Wildman–Crippen MR) is 77.0 cm³/mol. The van der Waals surface area contributed by atoms with Crippen molar-refractivity contribution in [2.24, 2.45) is 10.7 Å². The number of carbonyl (C=O) groups is 1. The molecule has 0 aromatic heterocycles. The number of amides is 1. The molecule has 5 heteroatoms. The molecule has 1 aromatic carbocycles. The molecular formula is C14H20N4O. The molecule has 5 nitrogen and oxygen atoms in total. The molecule has 0 radical (unpaired) electrons. The maximum atomic E-state index is 11.4. The summed E-state index contributed by atoms with van der Waals surface area (Å²) < 4.78 is 0. The van der Waals surface area contributed by atoms with Gasteiger partial charge in [0.1, 0.15) is 0 Å². The van der Waals surface area contributed by atoms with E-state index in [1.54, 1.807) is 0 Å². The number of hydrogen-bond donors (Lipinski definition) is 3. The Labute approximate surface area is 113 Å². The van der Waals surface area contributed by atoms with Crippen LogP contribution in [0.3, 0.4) is 0 Å². The van der Waals surface area contributed by atoms with Crippen molar-refractivity contribution in [3.05, 3.63) is 30.3 Å². The minimum absolute atomic E-state index is 0.118. The Bertz CT molecular complexity index is 440. The fraction of sp³-hybridized carbons (Fsp3) is 0.429. The van der Waals surface area contributed by atoms with Crippen molar-refractivity contribution in [1.29, 1.82) is 0 Å². The van der Waals surface area contributed by atoms with Crippen LogP contribution in [0, 0.1) is 0 Å². The molecule has 1 aromatic rings. The molecule has 1 aliphatic carbocycles. The van der Waals surface area contributed by atoms with E-state index in [1.165, 1.54) is 0 Å². The van der Waals surface area contributed by atoms with Crippen molar-refractivity contribution in [2.45, 2.75) is 31.7 Å². The normalized spacial score (nSPS) is 15.1. The third-order valence-electron chi connectivity index (χ3n) is 2.83. The number of carbonyl (C=O) groups excluding carboxylic acids is 1. The number of aliphatic imine (C=N–C) groups is 1. The van der Waals surface area contributed by atoms with Gasteiger partial charge < -0.3 is 16.4 Å². The predicted octanol–water partition coefficient (Wildman–Crippen LogP) is 1.47. The Morgan fingerprint density at radius 1 is 1.32 bits per heavy atom. The summed E-state index contributed by atoms with van der Waals surface area (Å²) in [6, 6.07) is 10.1. The van der Waals surface area contributed by atoms with Gasteiger partial charge in [-0.1, -0.05) is 18.2 Å². The highest BCUT2D eigenvalue weighted by Crippen LogP contribution is 2.18. The van der Waals surface area contributed by atoms with Crippen LogP contribution >= 0.6 is 0 Å². The van der Waals surface area contributed by atoms with Gasteiger partial charge in [-0.05, 0) is 31.4 Å². The molecule has 0 unspecified atom stereocenters. The van der Waals surface area contributed by atoms with Gasteiger partial charge >= 0.3 is 0 Å². The molecule has 0 aliphatic heterocycles. The SMILES string of the molecule is NC(=NCCCC(=O)NC1CC1)Nc1ccccc1. The van der Waals surface area contributed by atoms with Crippen LogP contribution in [-0.4, -0.2) is 24.5 Å². The second kappa shape index (κ2) is 6.78. The Balaban J connectivity index is 1.62. The minimum atomic E-state index is 0.118. The molecule has 102 valence electrons. The molecule has 19 heavy (non-hydrogen) atoms. The lowest BCUT2D eigenvalue weighted by Gasteiger charge is -2.05. The molecule has 1 aliphatic rings. The number of hydrogen-bond acceptors (Lipinski definition) is 2. The average Bonchev–Trinajstić information content (AvgIpc) is 3.20. The summed E-state index contributed by atoms with van der Waals surface area (Å²) in [4.78, 5) is 15.6. The van der Waals surface area contributed by atoms with Gasteiger partial charge in [-0.25, -0.2) is 0 Å². The van der Waals surface area contributed by atoms with E-state index in [4.69, 9.17) is 5.73 Å². The highest BCUT2D eigenvalue weighted by molar-refractivity contribution is 5.92. The molecule has 0 heterocycles. The van der Waals surface area contributed by atoms with Gasteiger partial charge in [-0.15, -0.1) is 0 Å². The summed E-state index contributed by atoms with van der Waals surface area (Å²) >= 11 is 0. The van der Waals surface area contributed by atoms with Gasteiger partial charge in [0.05, 0.1) is 0 Å². The summed E-state index contributed by atoms with van der Waals surface area (Å²) in [5, 5.41) is 5.95. The number of nitrogens with zero attached hydrogens (tertiary/aromatic N) is 1. The number of nitrogens with one attached hydrogen (secondary N) is 2. The molecule has 0 atom stereocenters. The van der Waals surface area contributed by atoms with Crippen LogP contribution in [0.5, 0.6) is 0 Å². The second-order valence-corrected chi connectivity index (χ2v) is 4.70. The summed E-state index contributed by atoms with van der Waals surface area (Å²) in [7, 11) is 0. The zero-order valence-corrected chi connectivity index (χ0v) is 10.9. The lowest BCUT2D eigenvalue weighted by Crippen LogP contribution is -2.25. The van der Waals surface area contributed by atoms with Crippen molar-refractivity contribution in [1.82, 2.24) is 5.32 Å². The Kier molecular flexibility index (Phi) is 4.78. The Hall–Kier alpha value is -2.04. The maximum Gasteiger partial charge on any atom is 0.220 e. The summed E-state index contributed by atoms with van der Waals surface area (Å²) in [5.41, 5.74) is 6.66. The Morgan fingerprint density at radius 3 is 2.74 bits per heavy atom. The van der Waals surface area contributed by atoms with Crippen molar-refractivity contribution >= 4 is 17.6 Å². The number of nitrogens with two attached hydrogens (primary N) is 1. The van der Waals surface area contributed by atoms with Crippen molar-refractivity contribution < 1.29 is 4.79 Å². The standard InChI is InChI=1S/C14H20N4O/c15-14(18-11-5-2-1-3-6-11)16-10-4-7-13(19)17-12-8-9-12/h1-3,5-6,12H,4,7-10H2,(H,17,19)(H3,15,16,18). The number of anilines is 1. The maximum absolute atomic E-state index is 11.4. The molecule has 2 rings (SSSR count). The summed E-state index contributed by atoms with van der Waals surface area (Å²) in [5.74, 6) is 0.501. The number of benzene rings is 1. The van der Waals surface area contributed by atoms with Crippen LogP contribution < -0.4 is 16.4 Å². The Morgan fingerprint density at radius 2 is 2.05 bits per heavy atom. The monoisotopic (exact) mass is 260 g/mol. The molecule has 0 bridgehead atoms. The zero-order chi connectivity index (χ0) is 13.5. The van der Waals surface area contributed by atoms with Crippen LogP contribution in [-0.2, 0) is 4.79 Å². The van der Waals surface area contributed by atoms with E-state index < -0.39 is 0 Å². The van der Waals surface area contributed by atoms with Crippen LogP contribution in [0.1, 0.15) is 25.7 Å². The van der Waals surface area contributed by atoms with Crippen molar-refractivity contribution in [2.75, 3.05) is 11.9 Å². The topological polar surface area (TPSA) is 79.5 Å². The van der Waals surface area contributed by atoms with Crippen LogP contribution in [0.4, 0.5) is 5.69 Å². The highest BCUT2D eigenvalue weighted by atomic mass is 16.1. The van der Waals surface area contributed by atoms with Gasteiger partial charge in [0, 0.05) is 24.7 Å². The van der Waals surface area contributed by atoms with Gasteiger partial charge in [0.15, 0.2) is 5.96 Å². The summed E-state index contributed by atoms with van der Waals surface area (Å²) in [6.45, 7) is 0.559. The fourth-order valence-corrected chi connectivity index (χ4v) is 1.68. The van der Waals surface area contributed by atoms with E-state index in [2.05, 4.69) is 15.6 Å². The average molecular weight is 260 g/mol.